The first-order chi connectivity index (χ1) is 6.18. The highest BCUT2D eigenvalue weighted by atomic mass is 79.9. The van der Waals surface area contributed by atoms with Crippen molar-refractivity contribution < 1.29 is 4.79 Å². The lowest BCUT2D eigenvalue weighted by Crippen LogP contribution is -2.17. The summed E-state index contributed by atoms with van der Waals surface area (Å²) in [6, 6.07) is 7.96. The Bertz CT molecular complexity index is 475. The van der Waals surface area contributed by atoms with Crippen molar-refractivity contribution in [2.45, 2.75) is 0 Å². The van der Waals surface area contributed by atoms with Crippen LogP contribution in [0.15, 0.2) is 28.9 Å². The molecule has 0 saturated carbocycles. The molecule has 0 spiro atoms. The summed E-state index contributed by atoms with van der Waals surface area (Å²) in [6.45, 7) is 0. The summed E-state index contributed by atoms with van der Waals surface area (Å²) in [6.07, 6.45) is 1.63. The van der Waals surface area contributed by atoms with Gasteiger partial charge >= 0.3 is 6.03 Å². The fourth-order valence-electron chi connectivity index (χ4n) is 1.23. The van der Waals surface area contributed by atoms with Gasteiger partial charge in [0, 0.05) is 16.1 Å². The van der Waals surface area contributed by atoms with E-state index in [1.165, 1.54) is 4.57 Å². The number of nitrogens with two attached hydrogens (primary N) is 1. The Labute approximate surface area is 83.3 Å². The maximum absolute atomic E-state index is 10.9. The summed E-state index contributed by atoms with van der Waals surface area (Å²) in [5.74, 6) is 0. The van der Waals surface area contributed by atoms with Gasteiger partial charge in [0.1, 0.15) is 0 Å². The number of carbonyl (C=O) groups excluding carboxylic acids is 1. The normalized spacial score (nSPS) is 10.5. The SMILES string of the molecule is NC(=O)n1ccc2[c]cc(Br)cc21. The zero-order chi connectivity index (χ0) is 9.42. The number of hydrogen-bond acceptors (Lipinski definition) is 1. The summed E-state index contributed by atoms with van der Waals surface area (Å²) < 4.78 is 2.26. The van der Waals surface area contributed by atoms with Gasteiger partial charge in [0.05, 0.1) is 5.52 Å². The second kappa shape index (κ2) is 2.88. The van der Waals surface area contributed by atoms with Crippen LogP contribution in [-0.4, -0.2) is 10.6 Å². The highest BCUT2D eigenvalue weighted by Crippen LogP contribution is 2.19. The number of halogens is 1. The third kappa shape index (κ3) is 1.33. The monoisotopic (exact) mass is 237 g/mol. The third-order valence-electron chi connectivity index (χ3n) is 1.80. The Balaban J connectivity index is 2.79. The number of nitrogens with zero attached hydrogens (tertiary/aromatic N) is 1. The Hall–Kier alpha value is -1.29. The van der Waals surface area contributed by atoms with Crippen molar-refractivity contribution >= 4 is 32.9 Å². The number of carbonyl (C=O) groups is 1. The average molecular weight is 238 g/mol. The first-order valence-electron chi connectivity index (χ1n) is 3.66. The van der Waals surface area contributed by atoms with Crippen LogP contribution in [0.4, 0.5) is 4.79 Å². The molecule has 0 saturated heterocycles. The van der Waals surface area contributed by atoms with Crippen molar-refractivity contribution in [1.29, 1.82) is 0 Å². The quantitative estimate of drug-likeness (QED) is 0.750. The molecule has 2 N–H and O–H groups in total. The van der Waals surface area contributed by atoms with Crippen LogP contribution in [0.2, 0.25) is 0 Å². The molecule has 0 fully saturated rings. The largest absolute Gasteiger partial charge is 0.351 e. The van der Waals surface area contributed by atoms with Crippen LogP contribution in [0, 0.1) is 6.07 Å². The zero-order valence-corrected chi connectivity index (χ0v) is 8.21. The van der Waals surface area contributed by atoms with E-state index in [1.807, 2.05) is 6.07 Å². The number of primary amides is 1. The molecule has 1 heterocycles. The van der Waals surface area contributed by atoms with Crippen LogP contribution in [0.5, 0.6) is 0 Å². The molecule has 0 aliphatic rings. The third-order valence-corrected chi connectivity index (χ3v) is 2.26. The van der Waals surface area contributed by atoms with Crippen molar-refractivity contribution in [3.8, 4) is 0 Å². The van der Waals surface area contributed by atoms with Crippen molar-refractivity contribution in [3.05, 3.63) is 34.9 Å². The van der Waals surface area contributed by atoms with E-state index in [0.29, 0.717) is 0 Å². The summed E-state index contributed by atoms with van der Waals surface area (Å²) in [5.41, 5.74) is 5.93. The minimum Gasteiger partial charge on any atom is -0.351 e. The van der Waals surface area contributed by atoms with Crippen LogP contribution >= 0.6 is 15.9 Å². The molecule has 13 heavy (non-hydrogen) atoms. The zero-order valence-electron chi connectivity index (χ0n) is 6.62. The molecule has 65 valence electrons. The lowest BCUT2D eigenvalue weighted by atomic mass is 10.2. The summed E-state index contributed by atoms with van der Waals surface area (Å²) in [7, 11) is 0. The molecule has 0 aliphatic carbocycles. The summed E-state index contributed by atoms with van der Waals surface area (Å²) in [5, 5.41) is 0.877. The highest BCUT2D eigenvalue weighted by molar-refractivity contribution is 9.10. The van der Waals surface area contributed by atoms with E-state index in [0.717, 1.165) is 15.4 Å². The van der Waals surface area contributed by atoms with E-state index in [9.17, 15) is 4.79 Å². The summed E-state index contributed by atoms with van der Waals surface area (Å²) in [4.78, 5) is 10.9. The first-order valence-corrected chi connectivity index (χ1v) is 4.46. The number of hydrogen-bond donors (Lipinski definition) is 1. The number of benzene rings is 1. The molecular formula is C9H6BrN2O. The Morgan fingerprint density at radius 3 is 3.08 bits per heavy atom. The van der Waals surface area contributed by atoms with Crippen LogP contribution in [0.3, 0.4) is 0 Å². The van der Waals surface area contributed by atoms with Gasteiger partial charge in [0.15, 0.2) is 0 Å². The van der Waals surface area contributed by atoms with Crippen LogP contribution < -0.4 is 5.73 Å². The fourth-order valence-corrected chi connectivity index (χ4v) is 1.56. The van der Waals surface area contributed by atoms with Crippen molar-refractivity contribution in [2.75, 3.05) is 0 Å². The number of fused-ring (bicyclic) bond motifs is 1. The van der Waals surface area contributed by atoms with E-state index >= 15 is 0 Å². The molecule has 0 unspecified atom stereocenters. The topological polar surface area (TPSA) is 48.0 Å². The average Bonchev–Trinajstić information content (AvgIpc) is 2.46. The Morgan fingerprint density at radius 2 is 2.38 bits per heavy atom. The van der Waals surface area contributed by atoms with Crippen LogP contribution in [0.1, 0.15) is 0 Å². The molecular weight excluding hydrogens is 232 g/mol. The van der Waals surface area contributed by atoms with Gasteiger partial charge in [-0.15, -0.1) is 0 Å². The molecule has 1 radical (unpaired) electrons. The van der Waals surface area contributed by atoms with Gasteiger partial charge in [-0.2, -0.15) is 0 Å². The lowest BCUT2D eigenvalue weighted by molar-refractivity contribution is 0.251. The van der Waals surface area contributed by atoms with Crippen LogP contribution in [0.25, 0.3) is 10.9 Å². The van der Waals surface area contributed by atoms with Gasteiger partial charge in [0.25, 0.3) is 0 Å². The maximum atomic E-state index is 10.9. The molecule has 0 bridgehead atoms. The van der Waals surface area contributed by atoms with Gasteiger partial charge in [-0.05, 0) is 24.3 Å². The Morgan fingerprint density at radius 1 is 1.62 bits per heavy atom. The number of rotatable bonds is 0. The van der Waals surface area contributed by atoms with Gasteiger partial charge in [0.2, 0.25) is 0 Å². The maximum Gasteiger partial charge on any atom is 0.323 e. The minimum absolute atomic E-state index is 0.485. The van der Waals surface area contributed by atoms with Crippen molar-refractivity contribution in [2.24, 2.45) is 5.73 Å². The van der Waals surface area contributed by atoms with E-state index in [1.54, 1.807) is 18.3 Å². The standard InChI is InChI=1S/C9H6BrN2O/c10-7-2-1-6-3-4-12(9(11)13)8(6)5-7/h2-5H,(H2,11,13). The van der Waals surface area contributed by atoms with Gasteiger partial charge in [-0.3, -0.25) is 4.57 Å². The first kappa shape index (κ1) is 8.31. The molecule has 4 heteroatoms. The molecule has 1 aromatic heterocycles. The van der Waals surface area contributed by atoms with E-state index in [4.69, 9.17) is 5.73 Å². The van der Waals surface area contributed by atoms with Gasteiger partial charge in [-0.25, -0.2) is 4.79 Å². The molecule has 0 aliphatic heterocycles. The lowest BCUT2D eigenvalue weighted by Gasteiger charge is -1.98. The number of amides is 1. The molecule has 2 aromatic rings. The molecule has 1 aromatic carbocycles. The second-order valence-corrected chi connectivity index (χ2v) is 3.56. The van der Waals surface area contributed by atoms with Crippen LogP contribution in [-0.2, 0) is 0 Å². The van der Waals surface area contributed by atoms with Gasteiger partial charge < -0.3 is 5.73 Å². The van der Waals surface area contributed by atoms with E-state index in [-0.39, 0.29) is 0 Å². The fraction of sp³-hybridized carbons (Fsp3) is 0. The molecule has 0 atom stereocenters. The van der Waals surface area contributed by atoms with Crippen molar-refractivity contribution in [1.82, 2.24) is 4.57 Å². The highest BCUT2D eigenvalue weighted by Gasteiger charge is 2.04. The second-order valence-electron chi connectivity index (χ2n) is 2.64. The summed E-state index contributed by atoms with van der Waals surface area (Å²) >= 11 is 3.30. The van der Waals surface area contributed by atoms with Crippen molar-refractivity contribution in [3.63, 3.8) is 0 Å². The molecule has 3 nitrogen and oxygen atoms in total. The molecule has 1 amide bonds. The number of aromatic nitrogens is 1. The minimum atomic E-state index is -0.485. The van der Waals surface area contributed by atoms with Gasteiger partial charge in [-0.1, -0.05) is 15.9 Å². The smallest absolute Gasteiger partial charge is 0.323 e. The Kier molecular flexibility index (Phi) is 1.84. The van der Waals surface area contributed by atoms with E-state index < -0.39 is 6.03 Å². The predicted octanol–water partition coefficient (Wildman–Crippen LogP) is 2.13. The van der Waals surface area contributed by atoms with E-state index in [2.05, 4.69) is 22.0 Å². The predicted molar refractivity (Wildman–Crippen MR) is 53.5 cm³/mol. The molecule has 2 rings (SSSR count).